The van der Waals surface area contributed by atoms with E-state index in [0.29, 0.717) is 11.5 Å². The number of carbonyl (C=O) groups excluding carboxylic acids is 3. The average Bonchev–Trinajstić information content (AvgIpc) is 3.25. The lowest BCUT2D eigenvalue weighted by atomic mass is 10.1. The van der Waals surface area contributed by atoms with Crippen molar-refractivity contribution in [2.75, 3.05) is 0 Å². The van der Waals surface area contributed by atoms with Crippen molar-refractivity contribution in [2.45, 2.75) is 13.1 Å². The van der Waals surface area contributed by atoms with Crippen molar-refractivity contribution < 1.29 is 18.9 Å². The summed E-state index contributed by atoms with van der Waals surface area (Å²) in [5.74, 6) is -1.17. The highest BCUT2D eigenvalue weighted by Gasteiger charge is 2.44. The minimum Gasteiger partial charge on any atom is -0.356 e. The Balaban J connectivity index is 1.51. The molecule has 0 spiro atoms. The van der Waals surface area contributed by atoms with E-state index in [-0.39, 0.29) is 13.1 Å². The number of rotatable bonds is 5. The van der Waals surface area contributed by atoms with Crippen LogP contribution in [0.5, 0.6) is 0 Å². The standard InChI is InChI=1S/C20H15N3O4/c24-18-19(25)23(20(26)22(18)12-14-7-3-1-4-8-14)13-16-11-17(27-21-16)15-9-5-2-6-10-15/h1-11H,12-13H2. The normalized spacial score (nSPS) is 14.3. The lowest BCUT2D eigenvalue weighted by Crippen LogP contribution is -2.32. The number of imide groups is 2. The molecule has 2 aromatic carbocycles. The number of urea groups is 1. The quantitative estimate of drug-likeness (QED) is 0.515. The van der Waals surface area contributed by atoms with Gasteiger partial charge in [-0.1, -0.05) is 65.8 Å². The molecule has 1 aliphatic heterocycles. The summed E-state index contributed by atoms with van der Waals surface area (Å²) in [5.41, 5.74) is 1.99. The van der Waals surface area contributed by atoms with E-state index in [4.69, 9.17) is 4.52 Å². The highest BCUT2D eigenvalue weighted by Crippen LogP contribution is 2.23. The molecule has 4 amide bonds. The van der Waals surface area contributed by atoms with Crippen LogP contribution in [0.2, 0.25) is 0 Å². The first-order chi connectivity index (χ1) is 13.1. The fraction of sp³-hybridized carbons (Fsp3) is 0.100. The smallest absolute Gasteiger partial charge is 0.334 e. The van der Waals surface area contributed by atoms with Crippen molar-refractivity contribution in [1.82, 2.24) is 15.0 Å². The van der Waals surface area contributed by atoms with Crippen LogP contribution in [0.3, 0.4) is 0 Å². The summed E-state index contributed by atoms with van der Waals surface area (Å²) in [7, 11) is 0. The third-order valence-electron chi connectivity index (χ3n) is 4.26. The molecule has 4 rings (SSSR count). The van der Waals surface area contributed by atoms with Gasteiger partial charge in [-0.15, -0.1) is 0 Å². The third kappa shape index (κ3) is 3.22. The predicted molar refractivity (Wildman–Crippen MR) is 94.9 cm³/mol. The Hall–Kier alpha value is -3.74. The first-order valence-electron chi connectivity index (χ1n) is 8.36. The van der Waals surface area contributed by atoms with Crippen LogP contribution in [-0.2, 0) is 22.7 Å². The maximum absolute atomic E-state index is 12.6. The van der Waals surface area contributed by atoms with Crippen molar-refractivity contribution in [3.8, 4) is 11.3 Å². The van der Waals surface area contributed by atoms with Crippen LogP contribution in [0.15, 0.2) is 71.3 Å². The molecule has 7 nitrogen and oxygen atoms in total. The second kappa shape index (κ2) is 6.87. The molecule has 1 saturated heterocycles. The van der Waals surface area contributed by atoms with Gasteiger partial charge in [0.15, 0.2) is 5.76 Å². The van der Waals surface area contributed by atoms with Crippen LogP contribution in [0.25, 0.3) is 11.3 Å². The Bertz CT molecular complexity index is 998. The van der Waals surface area contributed by atoms with Gasteiger partial charge in [0.25, 0.3) is 0 Å². The molecule has 0 unspecified atom stereocenters. The second-order valence-corrected chi connectivity index (χ2v) is 6.10. The van der Waals surface area contributed by atoms with E-state index >= 15 is 0 Å². The van der Waals surface area contributed by atoms with E-state index < -0.39 is 17.8 Å². The van der Waals surface area contributed by atoms with E-state index in [1.807, 2.05) is 36.4 Å². The summed E-state index contributed by atoms with van der Waals surface area (Å²) in [6.07, 6.45) is 0. The fourth-order valence-electron chi connectivity index (χ4n) is 2.88. The van der Waals surface area contributed by atoms with Gasteiger partial charge in [0.05, 0.1) is 13.1 Å². The Kier molecular flexibility index (Phi) is 4.25. The van der Waals surface area contributed by atoms with Gasteiger partial charge in [-0.05, 0) is 5.56 Å². The van der Waals surface area contributed by atoms with Crippen molar-refractivity contribution in [1.29, 1.82) is 0 Å². The first-order valence-corrected chi connectivity index (χ1v) is 8.36. The summed E-state index contributed by atoms with van der Waals surface area (Å²) < 4.78 is 5.28. The largest absolute Gasteiger partial charge is 0.356 e. The molecule has 3 aromatic rings. The van der Waals surface area contributed by atoms with Crippen molar-refractivity contribution >= 4 is 17.8 Å². The Morgan fingerprint density at radius 1 is 0.778 bits per heavy atom. The van der Waals surface area contributed by atoms with Crippen LogP contribution >= 0.6 is 0 Å². The molecule has 0 saturated carbocycles. The maximum atomic E-state index is 12.6. The van der Waals surface area contributed by atoms with Crippen molar-refractivity contribution in [2.24, 2.45) is 0 Å². The third-order valence-corrected chi connectivity index (χ3v) is 4.26. The van der Waals surface area contributed by atoms with Crippen molar-refractivity contribution in [3.05, 3.63) is 78.0 Å². The highest BCUT2D eigenvalue weighted by atomic mass is 16.5. The molecule has 0 radical (unpaired) electrons. The Morgan fingerprint density at radius 3 is 2.04 bits per heavy atom. The lowest BCUT2D eigenvalue weighted by molar-refractivity contribution is -0.143. The number of aromatic nitrogens is 1. The topological polar surface area (TPSA) is 83.7 Å². The summed E-state index contributed by atoms with van der Waals surface area (Å²) in [4.78, 5) is 38.9. The highest BCUT2D eigenvalue weighted by molar-refractivity contribution is 6.44. The monoisotopic (exact) mass is 361 g/mol. The fourth-order valence-corrected chi connectivity index (χ4v) is 2.88. The number of benzene rings is 2. The molecule has 7 heteroatoms. The second-order valence-electron chi connectivity index (χ2n) is 6.10. The number of carbonyl (C=O) groups is 3. The Morgan fingerprint density at radius 2 is 1.37 bits per heavy atom. The summed E-state index contributed by atoms with van der Waals surface area (Å²) in [5, 5.41) is 3.91. The van der Waals surface area contributed by atoms with E-state index in [9.17, 15) is 14.4 Å². The number of hydrogen-bond acceptors (Lipinski definition) is 5. The van der Waals surface area contributed by atoms with E-state index in [2.05, 4.69) is 5.16 Å². The molecule has 1 fully saturated rings. The number of nitrogens with zero attached hydrogens (tertiary/aromatic N) is 3. The molecule has 0 N–H and O–H groups in total. The van der Waals surface area contributed by atoms with Crippen LogP contribution in [0, 0.1) is 0 Å². The zero-order valence-corrected chi connectivity index (χ0v) is 14.2. The van der Waals surface area contributed by atoms with Gasteiger partial charge < -0.3 is 4.52 Å². The maximum Gasteiger partial charge on any atom is 0.334 e. The molecule has 134 valence electrons. The zero-order chi connectivity index (χ0) is 18.8. The molecule has 1 aromatic heterocycles. The minimum absolute atomic E-state index is 0.0504. The molecule has 0 aliphatic carbocycles. The van der Waals surface area contributed by atoms with Gasteiger partial charge in [-0.2, -0.15) is 0 Å². The van der Waals surface area contributed by atoms with Crippen LogP contribution < -0.4 is 0 Å². The van der Waals surface area contributed by atoms with Gasteiger partial charge in [0, 0.05) is 11.6 Å². The summed E-state index contributed by atoms with van der Waals surface area (Å²) in [6.45, 7) is -0.0696. The SMILES string of the molecule is O=C1C(=O)N(Cc2cc(-c3ccccc3)on2)C(=O)N1Cc1ccccc1. The van der Waals surface area contributed by atoms with Gasteiger partial charge >= 0.3 is 17.8 Å². The number of hydrogen-bond donors (Lipinski definition) is 0. The minimum atomic E-state index is -0.861. The van der Waals surface area contributed by atoms with Gasteiger partial charge in [0.1, 0.15) is 5.69 Å². The molecule has 0 bridgehead atoms. The van der Waals surface area contributed by atoms with Gasteiger partial charge in [-0.25, -0.2) is 9.69 Å². The molecule has 2 heterocycles. The van der Waals surface area contributed by atoms with Crippen LogP contribution in [0.1, 0.15) is 11.3 Å². The molecular formula is C20H15N3O4. The van der Waals surface area contributed by atoms with Crippen LogP contribution in [0.4, 0.5) is 4.79 Å². The molecule has 27 heavy (non-hydrogen) atoms. The van der Waals surface area contributed by atoms with Crippen LogP contribution in [-0.4, -0.2) is 32.8 Å². The van der Waals surface area contributed by atoms with E-state index in [1.165, 1.54) is 0 Å². The van der Waals surface area contributed by atoms with Gasteiger partial charge in [0.2, 0.25) is 0 Å². The van der Waals surface area contributed by atoms with E-state index in [0.717, 1.165) is 20.9 Å². The summed E-state index contributed by atoms with van der Waals surface area (Å²) >= 11 is 0. The first kappa shape index (κ1) is 16.7. The Labute approximate surface area is 154 Å². The lowest BCUT2D eigenvalue weighted by Gasteiger charge is -2.14. The van der Waals surface area contributed by atoms with Gasteiger partial charge in [-0.3, -0.25) is 14.5 Å². The molecule has 0 atom stereocenters. The van der Waals surface area contributed by atoms with E-state index in [1.54, 1.807) is 30.3 Å². The molecular weight excluding hydrogens is 346 g/mol. The van der Waals surface area contributed by atoms with Crippen molar-refractivity contribution in [3.63, 3.8) is 0 Å². The average molecular weight is 361 g/mol. The predicted octanol–water partition coefficient (Wildman–Crippen LogP) is 2.83. The zero-order valence-electron chi connectivity index (χ0n) is 14.2. The summed E-state index contributed by atoms with van der Waals surface area (Å²) in [6, 6.07) is 19.4. The number of amides is 4. The molecule has 1 aliphatic rings.